The highest BCUT2D eigenvalue weighted by atomic mass is 16.1. The zero-order valence-corrected chi connectivity index (χ0v) is 11.8. The molecule has 0 saturated carbocycles. The van der Waals surface area contributed by atoms with Crippen LogP contribution in [0.25, 0.3) is 0 Å². The van der Waals surface area contributed by atoms with E-state index in [9.17, 15) is 4.79 Å². The van der Waals surface area contributed by atoms with Crippen LogP contribution < -0.4 is 16.0 Å². The summed E-state index contributed by atoms with van der Waals surface area (Å²) >= 11 is 0. The van der Waals surface area contributed by atoms with Crippen molar-refractivity contribution >= 4 is 17.4 Å². The van der Waals surface area contributed by atoms with Crippen molar-refractivity contribution in [3.05, 3.63) is 47.2 Å². The van der Waals surface area contributed by atoms with Gasteiger partial charge in [0.2, 0.25) is 0 Å². The number of hydrogen-bond donors (Lipinski definition) is 2. The lowest BCUT2D eigenvalue weighted by Gasteiger charge is -2.29. The number of aromatic nitrogens is 2. The molecule has 0 radical (unpaired) electrons. The average Bonchev–Trinajstić information content (AvgIpc) is 2.53. The lowest BCUT2D eigenvalue weighted by Crippen LogP contribution is -2.31. The van der Waals surface area contributed by atoms with Crippen molar-refractivity contribution in [1.82, 2.24) is 15.5 Å². The number of benzene rings is 1. The minimum absolute atomic E-state index is 0.231. The number of carbonyl (C=O) groups is 1. The van der Waals surface area contributed by atoms with Crippen LogP contribution in [0, 0.1) is 0 Å². The zero-order chi connectivity index (χ0) is 14.8. The van der Waals surface area contributed by atoms with Crippen molar-refractivity contribution in [2.75, 3.05) is 24.2 Å². The molecule has 6 nitrogen and oxygen atoms in total. The van der Waals surface area contributed by atoms with Crippen LogP contribution in [0.1, 0.15) is 21.6 Å². The number of fused-ring (bicyclic) bond motifs is 1. The van der Waals surface area contributed by atoms with Crippen molar-refractivity contribution in [2.24, 2.45) is 0 Å². The number of carbonyl (C=O) groups excluding carboxylic acids is 1. The van der Waals surface area contributed by atoms with Gasteiger partial charge in [0.15, 0.2) is 11.5 Å². The van der Waals surface area contributed by atoms with E-state index in [2.05, 4.69) is 26.5 Å². The van der Waals surface area contributed by atoms with Crippen LogP contribution in [0.15, 0.2) is 30.3 Å². The molecule has 1 aliphatic heterocycles. The number of nitrogens with zero attached hydrogens (tertiary/aromatic N) is 3. The third-order valence-corrected chi connectivity index (χ3v) is 3.68. The highest BCUT2D eigenvalue weighted by Crippen LogP contribution is 2.24. The Balaban J connectivity index is 1.81. The molecular weight excluding hydrogens is 266 g/mol. The number of amides is 1. The first-order chi connectivity index (χ1) is 10.2. The zero-order valence-electron chi connectivity index (χ0n) is 11.8. The average molecular weight is 283 g/mol. The lowest BCUT2D eigenvalue weighted by atomic mass is 9.99. The molecule has 1 aromatic carbocycles. The third-order valence-electron chi connectivity index (χ3n) is 3.68. The first kappa shape index (κ1) is 13.4. The van der Waals surface area contributed by atoms with Crippen LogP contribution in [-0.2, 0) is 13.0 Å². The maximum Gasteiger partial charge on any atom is 0.271 e. The minimum Gasteiger partial charge on any atom is -0.399 e. The molecule has 0 spiro atoms. The van der Waals surface area contributed by atoms with Crippen LogP contribution in [-0.4, -0.2) is 29.7 Å². The third kappa shape index (κ3) is 2.65. The van der Waals surface area contributed by atoms with Crippen LogP contribution in [0.2, 0.25) is 0 Å². The molecule has 21 heavy (non-hydrogen) atoms. The predicted octanol–water partition coefficient (Wildman–Crippen LogP) is 0.981. The molecule has 0 atom stereocenters. The molecular formula is C15H17N5O. The quantitative estimate of drug-likeness (QED) is 0.803. The molecule has 0 saturated heterocycles. The molecule has 3 rings (SSSR count). The smallest absolute Gasteiger partial charge is 0.271 e. The Labute approximate surface area is 123 Å². The van der Waals surface area contributed by atoms with Crippen molar-refractivity contribution in [3.63, 3.8) is 0 Å². The molecule has 0 bridgehead atoms. The van der Waals surface area contributed by atoms with Gasteiger partial charge in [-0.2, -0.15) is 0 Å². The van der Waals surface area contributed by atoms with Gasteiger partial charge in [-0.05, 0) is 41.8 Å². The number of nitrogens with two attached hydrogens (primary N) is 1. The van der Waals surface area contributed by atoms with Crippen LogP contribution in [0.5, 0.6) is 0 Å². The molecule has 3 N–H and O–H groups in total. The largest absolute Gasteiger partial charge is 0.399 e. The summed E-state index contributed by atoms with van der Waals surface area (Å²) in [6.45, 7) is 1.64. The van der Waals surface area contributed by atoms with Gasteiger partial charge in [0.25, 0.3) is 5.91 Å². The van der Waals surface area contributed by atoms with Gasteiger partial charge in [-0.25, -0.2) is 0 Å². The van der Waals surface area contributed by atoms with Gasteiger partial charge in [-0.1, -0.05) is 6.07 Å². The molecule has 2 aromatic rings. The van der Waals surface area contributed by atoms with Gasteiger partial charge in [0.05, 0.1) is 0 Å². The van der Waals surface area contributed by atoms with Crippen LogP contribution in [0.3, 0.4) is 0 Å². The van der Waals surface area contributed by atoms with Crippen molar-refractivity contribution < 1.29 is 4.79 Å². The predicted molar refractivity (Wildman–Crippen MR) is 81.0 cm³/mol. The molecule has 0 fully saturated rings. The Morgan fingerprint density at radius 1 is 1.24 bits per heavy atom. The molecule has 6 heteroatoms. The standard InChI is InChI=1S/C15H17N5O/c1-17-15(21)13-4-5-14(19-18-13)20-7-6-10-2-3-12(16)8-11(10)9-20/h2-5,8H,6-7,9,16H2,1H3,(H,17,21). The monoisotopic (exact) mass is 283 g/mol. The number of nitrogen functional groups attached to an aromatic ring is 1. The SMILES string of the molecule is CNC(=O)c1ccc(N2CCc3ccc(N)cc3C2)nn1. The molecule has 1 amide bonds. The number of nitrogens with one attached hydrogen (secondary N) is 1. The summed E-state index contributed by atoms with van der Waals surface area (Å²) in [5, 5.41) is 10.7. The van der Waals surface area contributed by atoms with E-state index in [4.69, 9.17) is 5.73 Å². The summed E-state index contributed by atoms with van der Waals surface area (Å²) in [5.41, 5.74) is 9.49. The number of anilines is 2. The van der Waals surface area contributed by atoms with Gasteiger partial charge in [0, 0.05) is 25.8 Å². The number of hydrogen-bond acceptors (Lipinski definition) is 5. The first-order valence-corrected chi connectivity index (χ1v) is 6.85. The summed E-state index contributed by atoms with van der Waals surface area (Å²) < 4.78 is 0. The second-order valence-electron chi connectivity index (χ2n) is 5.06. The van der Waals surface area contributed by atoms with Crippen molar-refractivity contribution in [3.8, 4) is 0 Å². The molecule has 2 heterocycles. The summed E-state index contributed by atoms with van der Waals surface area (Å²) in [7, 11) is 1.57. The summed E-state index contributed by atoms with van der Waals surface area (Å²) in [6, 6.07) is 9.55. The Hall–Kier alpha value is -2.63. The maximum absolute atomic E-state index is 11.5. The first-order valence-electron chi connectivity index (χ1n) is 6.85. The second-order valence-corrected chi connectivity index (χ2v) is 5.06. The maximum atomic E-state index is 11.5. The molecule has 1 aromatic heterocycles. The fourth-order valence-corrected chi connectivity index (χ4v) is 2.52. The van der Waals surface area contributed by atoms with E-state index in [0.29, 0.717) is 5.69 Å². The summed E-state index contributed by atoms with van der Waals surface area (Å²) in [4.78, 5) is 13.6. The fraction of sp³-hybridized carbons (Fsp3) is 0.267. The Bertz CT molecular complexity index is 668. The van der Waals surface area contributed by atoms with E-state index in [1.807, 2.05) is 18.2 Å². The topological polar surface area (TPSA) is 84.1 Å². The summed E-state index contributed by atoms with van der Waals surface area (Å²) in [6.07, 6.45) is 0.953. The van der Waals surface area contributed by atoms with Gasteiger partial charge in [0.1, 0.15) is 0 Å². The molecule has 0 aliphatic carbocycles. The van der Waals surface area contributed by atoms with Gasteiger partial charge < -0.3 is 16.0 Å². The second kappa shape index (κ2) is 5.40. The van der Waals surface area contributed by atoms with E-state index in [1.165, 1.54) is 11.1 Å². The van der Waals surface area contributed by atoms with E-state index in [0.717, 1.165) is 31.0 Å². The Morgan fingerprint density at radius 2 is 2.10 bits per heavy atom. The molecule has 1 aliphatic rings. The van der Waals surface area contributed by atoms with E-state index < -0.39 is 0 Å². The van der Waals surface area contributed by atoms with E-state index in [1.54, 1.807) is 13.1 Å². The minimum atomic E-state index is -0.231. The van der Waals surface area contributed by atoms with Gasteiger partial charge in [-0.15, -0.1) is 10.2 Å². The van der Waals surface area contributed by atoms with Gasteiger partial charge >= 0.3 is 0 Å². The molecule has 0 unspecified atom stereocenters. The highest BCUT2D eigenvalue weighted by molar-refractivity contribution is 5.91. The molecule has 108 valence electrons. The van der Waals surface area contributed by atoms with Crippen molar-refractivity contribution in [2.45, 2.75) is 13.0 Å². The van der Waals surface area contributed by atoms with E-state index in [-0.39, 0.29) is 5.91 Å². The normalized spacial score (nSPS) is 13.7. The lowest BCUT2D eigenvalue weighted by molar-refractivity contribution is 0.0957. The van der Waals surface area contributed by atoms with Crippen molar-refractivity contribution in [1.29, 1.82) is 0 Å². The summed E-state index contributed by atoms with van der Waals surface area (Å²) in [5.74, 6) is 0.543. The Morgan fingerprint density at radius 3 is 2.81 bits per heavy atom. The van der Waals surface area contributed by atoms with Crippen LogP contribution in [0.4, 0.5) is 11.5 Å². The van der Waals surface area contributed by atoms with E-state index >= 15 is 0 Å². The van der Waals surface area contributed by atoms with Gasteiger partial charge in [-0.3, -0.25) is 4.79 Å². The van der Waals surface area contributed by atoms with Crippen LogP contribution >= 0.6 is 0 Å². The highest BCUT2D eigenvalue weighted by Gasteiger charge is 2.18. The fourth-order valence-electron chi connectivity index (χ4n) is 2.52. The number of rotatable bonds is 2. The Kier molecular flexibility index (Phi) is 3.43.